The van der Waals surface area contributed by atoms with Crippen molar-refractivity contribution in [2.75, 3.05) is 13.1 Å². The van der Waals surface area contributed by atoms with Crippen LogP contribution in [0.2, 0.25) is 0 Å². The highest BCUT2D eigenvalue weighted by molar-refractivity contribution is 7.08. The number of carbonyl (C=O) groups is 2. The molecule has 0 aliphatic carbocycles. The van der Waals surface area contributed by atoms with E-state index in [2.05, 4.69) is 12.1 Å². The molecule has 4 nitrogen and oxygen atoms in total. The van der Waals surface area contributed by atoms with Crippen molar-refractivity contribution in [3.8, 4) is 0 Å². The Kier molecular flexibility index (Phi) is 4.10. The van der Waals surface area contributed by atoms with Gasteiger partial charge in [0.25, 0.3) is 5.91 Å². The molecule has 3 saturated heterocycles. The van der Waals surface area contributed by atoms with Crippen molar-refractivity contribution in [1.29, 1.82) is 0 Å². The van der Waals surface area contributed by atoms with Crippen LogP contribution in [0.5, 0.6) is 0 Å². The van der Waals surface area contributed by atoms with Gasteiger partial charge in [-0.15, -0.1) is 0 Å². The normalized spacial score (nSPS) is 23.4. The van der Waals surface area contributed by atoms with E-state index in [-0.39, 0.29) is 23.8 Å². The summed E-state index contributed by atoms with van der Waals surface area (Å²) in [5, 5.41) is 3.81. The fourth-order valence-corrected chi connectivity index (χ4v) is 4.39. The average Bonchev–Trinajstić information content (AvgIpc) is 3.01. The average molecular weight is 340 g/mol. The van der Waals surface area contributed by atoms with Gasteiger partial charge in [0, 0.05) is 31.1 Å². The van der Waals surface area contributed by atoms with Crippen LogP contribution in [-0.4, -0.2) is 40.7 Å². The van der Waals surface area contributed by atoms with Crippen LogP contribution in [0.3, 0.4) is 0 Å². The van der Waals surface area contributed by atoms with Crippen molar-refractivity contribution in [2.24, 2.45) is 5.92 Å². The molecule has 0 radical (unpaired) electrons. The van der Waals surface area contributed by atoms with Crippen molar-refractivity contribution in [3.63, 3.8) is 0 Å². The second-order valence-electron chi connectivity index (χ2n) is 6.60. The zero-order chi connectivity index (χ0) is 16.5. The Morgan fingerprint density at radius 1 is 1.12 bits per heavy atom. The maximum atomic E-state index is 12.9. The fraction of sp³-hybridized carbons (Fsp3) is 0.368. The molecule has 1 aromatic heterocycles. The molecule has 3 fully saturated rings. The molecule has 5 heteroatoms. The SMILES string of the molecule is O=C(c1ccsc1)N1C[C@@H]2CC[C@H](C1)N(Cc1ccccc1)C2=O. The van der Waals surface area contributed by atoms with E-state index in [1.165, 1.54) is 11.3 Å². The molecule has 0 saturated carbocycles. The van der Waals surface area contributed by atoms with Crippen molar-refractivity contribution < 1.29 is 9.59 Å². The lowest BCUT2D eigenvalue weighted by molar-refractivity contribution is -0.140. The smallest absolute Gasteiger partial charge is 0.254 e. The number of thiophene rings is 1. The third kappa shape index (κ3) is 2.84. The summed E-state index contributed by atoms with van der Waals surface area (Å²) in [5.41, 5.74) is 1.89. The molecule has 0 spiro atoms. The molecular weight excluding hydrogens is 320 g/mol. The number of amides is 2. The Bertz CT molecular complexity index is 729. The third-order valence-electron chi connectivity index (χ3n) is 5.04. The van der Waals surface area contributed by atoms with E-state index in [9.17, 15) is 9.59 Å². The van der Waals surface area contributed by atoms with E-state index in [4.69, 9.17) is 0 Å². The van der Waals surface area contributed by atoms with Gasteiger partial charge in [0.1, 0.15) is 0 Å². The molecule has 2 amide bonds. The first-order chi connectivity index (χ1) is 11.7. The van der Waals surface area contributed by atoms with Gasteiger partial charge in [-0.3, -0.25) is 9.59 Å². The van der Waals surface area contributed by atoms with Gasteiger partial charge in [-0.05, 0) is 29.9 Å². The summed E-state index contributed by atoms with van der Waals surface area (Å²) in [6.45, 7) is 1.83. The maximum absolute atomic E-state index is 12.9. The highest BCUT2D eigenvalue weighted by Gasteiger charge is 2.41. The summed E-state index contributed by atoms with van der Waals surface area (Å²) < 4.78 is 0. The van der Waals surface area contributed by atoms with Gasteiger partial charge in [-0.1, -0.05) is 30.3 Å². The van der Waals surface area contributed by atoms with Crippen LogP contribution in [0.25, 0.3) is 0 Å². The monoisotopic (exact) mass is 340 g/mol. The Morgan fingerprint density at radius 3 is 2.71 bits per heavy atom. The van der Waals surface area contributed by atoms with Crippen LogP contribution < -0.4 is 0 Å². The number of benzene rings is 1. The number of rotatable bonds is 3. The third-order valence-corrected chi connectivity index (χ3v) is 5.73. The Labute approximate surface area is 145 Å². The molecule has 24 heavy (non-hydrogen) atoms. The predicted molar refractivity (Wildman–Crippen MR) is 93.7 cm³/mol. The molecule has 3 aliphatic heterocycles. The lowest BCUT2D eigenvalue weighted by Gasteiger charge is -2.36. The van der Waals surface area contributed by atoms with Gasteiger partial charge in [0.05, 0.1) is 11.5 Å². The minimum Gasteiger partial charge on any atom is -0.336 e. The number of piperidine rings is 1. The number of hydrogen-bond donors (Lipinski definition) is 0. The molecule has 2 atom stereocenters. The molecule has 124 valence electrons. The molecule has 2 aromatic rings. The lowest BCUT2D eigenvalue weighted by atomic mass is 9.93. The quantitative estimate of drug-likeness (QED) is 0.862. The lowest BCUT2D eigenvalue weighted by Crippen LogP contribution is -2.47. The molecule has 0 unspecified atom stereocenters. The van der Waals surface area contributed by atoms with Crippen LogP contribution in [0.15, 0.2) is 47.2 Å². The minimum absolute atomic E-state index is 0.0579. The van der Waals surface area contributed by atoms with Crippen LogP contribution in [-0.2, 0) is 11.3 Å². The molecule has 4 heterocycles. The van der Waals surface area contributed by atoms with E-state index in [0.29, 0.717) is 19.6 Å². The summed E-state index contributed by atoms with van der Waals surface area (Å²) in [5.74, 6) is 0.202. The first-order valence-electron chi connectivity index (χ1n) is 8.38. The van der Waals surface area contributed by atoms with Crippen LogP contribution in [0.1, 0.15) is 28.8 Å². The molecule has 2 bridgehead atoms. The summed E-state index contributed by atoms with van der Waals surface area (Å²) in [6.07, 6.45) is 1.87. The van der Waals surface area contributed by atoms with Gasteiger partial charge in [-0.2, -0.15) is 11.3 Å². The molecule has 0 N–H and O–H groups in total. The number of hydrogen-bond acceptors (Lipinski definition) is 3. The molecule has 3 aliphatic rings. The minimum atomic E-state index is -0.0601. The zero-order valence-corrected chi connectivity index (χ0v) is 14.2. The van der Waals surface area contributed by atoms with Gasteiger partial charge < -0.3 is 9.80 Å². The Morgan fingerprint density at radius 2 is 1.96 bits per heavy atom. The van der Waals surface area contributed by atoms with Gasteiger partial charge in [-0.25, -0.2) is 0 Å². The number of fused-ring (bicyclic) bond motifs is 4. The van der Waals surface area contributed by atoms with Crippen LogP contribution >= 0.6 is 11.3 Å². The van der Waals surface area contributed by atoms with E-state index in [0.717, 1.165) is 24.0 Å². The maximum Gasteiger partial charge on any atom is 0.254 e. The molecular formula is C19H20N2O2S. The van der Waals surface area contributed by atoms with Crippen LogP contribution in [0.4, 0.5) is 0 Å². The van der Waals surface area contributed by atoms with Crippen molar-refractivity contribution >= 4 is 23.2 Å². The van der Waals surface area contributed by atoms with Gasteiger partial charge in [0.15, 0.2) is 0 Å². The molecule has 1 aromatic carbocycles. The second-order valence-corrected chi connectivity index (χ2v) is 7.38. The van der Waals surface area contributed by atoms with Crippen molar-refractivity contribution in [3.05, 3.63) is 58.3 Å². The van der Waals surface area contributed by atoms with Gasteiger partial charge >= 0.3 is 0 Å². The number of nitrogens with zero attached hydrogens (tertiary/aromatic N) is 2. The number of carbonyl (C=O) groups excluding carboxylic acids is 2. The van der Waals surface area contributed by atoms with Crippen molar-refractivity contribution in [2.45, 2.75) is 25.4 Å². The first kappa shape index (κ1) is 15.4. The largest absolute Gasteiger partial charge is 0.336 e. The molecule has 5 rings (SSSR count). The Hall–Kier alpha value is -2.14. The van der Waals surface area contributed by atoms with Gasteiger partial charge in [0.2, 0.25) is 5.91 Å². The summed E-state index contributed by atoms with van der Waals surface area (Å²) in [4.78, 5) is 29.4. The van der Waals surface area contributed by atoms with E-state index in [1.807, 2.05) is 44.8 Å². The first-order valence-corrected chi connectivity index (χ1v) is 9.32. The van der Waals surface area contributed by atoms with E-state index in [1.54, 1.807) is 0 Å². The van der Waals surface area contributed by atoms with E-state index < -0.39 is 0 Å². The summed E-state index contributed by atoms with van der Waals surface area (Å²) in [6, 6.07) is 12.1. The highest BCUT2D eigenvalue weighted by atomic mass is 32.1. The zero-order valence-electron chi connectivity index (χ0n) is 13.4. The fourth-order valence-electron chi connectivity index (χ4n) is 3.76. The standard InChI is InChI=1S/C19H20N2O2S/c22-18(16-8-9-24-13-16)20-11-15-6-7-17(12-20)21(19(15)23)10-14-4-2-1-3-5-14/h1-5,8-9,13,15,17H,6-7,10-12H2/t15-,17+/m0/s1. The summed E-state index contributed by atoms with van der Waals surface area (Å²) in [7, 11) is 0. The highest BCUT2D eigenvalue weighted by Crippen LogP contribution is 2.31. The topological polar surface area (TPSA) is 40.6 Å². The predicted octanol–water partition coefficient (Wildman–Crippen LogP) is 3.01. The summed E-state index contributed by atoms with van der Waals surface area (Å²) >= 11 is 1.53. The second kappa shape index (κ2) is 6.40. The van der Waals surface area contributed by atoms with Crippen molar-refractivity contribution in [1.82, 2.24) is 9.80 Å². The Balaban J connectivity index is 1.55. The van der Waals surface area contributed by atoms with E-state index >= 15 is 0 Å². The van der Waals surface area contributed by atoms with Crippen LogP contribution in [0, 0.1) is 5.92 Å².